The van der Waals surface area contributed by atoms with Gasteiger partial charge < -0.3 is 4.74 Å². The number of ether oxygens (including phenoxy) is 1. The van der Waals surface area contributed by atoms with Crippen molar-refractivity contribution in [1.82, 2.24) is 0 Å². The summed E-state index contributed by atoms with van der Waals surface area (Å²) in [5.41, 5.74) is 7.37. The molecule has 124 valence electrons. The molecule has 1 N–H and O–H groups in total. The third kappa shape index (κ3) is 4.06. The fraction of sp³-hybridized carbons (Fsp3) is 0.150. The third-order valence-corrected chi connectivity index (χ3v) is 3.87. The minimum Gasteiger partial charge on any atom is -0.497 e. The Morgan fingerprint density at radius 1 is 0.917 bits per heavy atom. The minimum atomic E-state index is 0. The summed E-state index contributed by atoms with van der Waals surface area (Å²) >= 11 is 0. The first kappa shape index (κ1) is 17.8. The number of hydrogen-bond acceptors (Lipinski definition) is 3. The number of hydrogen-bond donors (Lipinski definition) is 1. The minimum absolute atomic E-state index is 0. The van der Waals surface area contributed by atoms with Crippen LogP contribution in [0.2, 0.25) is 0 Å². The summed E-state index contributed by atoms with van der Waals surface area (Å²) in [6.07, 6.45) is 0. The Morgan fingerprint density at radius 2 is 1.58 bits per heavy atom. The number of benzene rings is 3. The van der Waals surface area contributed by atoms with E-state index < -0.39 is 0 Å². The second kappa shape index (κ2) is 7.84. The molecule has 0 aliphatic rings. The van der Waals surface area contributed by atoms with Gasteiger partial charge >= 0.3 is 0 Å². The van der Waals surface area contributed by atoms with Crippen LogP contribution in [0.25, 0.3) is 10.8 Å². The van der Waals surface area contributed by atoms with E-state index in [1.165, 1.54) is 10.9 Å². The van der Waals surface area contributed by atoms with E-state index in [1.807, 2.05) is 31.2 Å². The molecule has 3 rings (SSSR count). The van der Waals surface area contributed by atoms with Gasteiger partial charge in [0.05, 0.1) is 18.5 Å². The number of halogens is 1. The second-order valence-corrected chi connectivity index (χ2v) is 5.60. The highest BCUT2D eigenvalue weighted by molar-refractivity contribution is 6.02. The zero-order valence-corrected chi connectivity index (χ0v) is 14.9. The molecule has 4 heteroatoms. The number of aryl methyl sites for hydroxylation is 1. The number of nitrogens with zero attached hydrogens (tertiary/aromatic N) is 1. The number of anilines is 1. The predicted octanol–water partition coefficient (Wildman–Crippen LogP) is 5.41. The van der Waals surface area contributed by atoms with E-state index in [9.17, 15) is 0 Å². The second-order valence-electron chi connectivity index (χ2n) is 5.60. The Bertz CT molecular complexity index is 857. The molecule has 0 atom stereocenters. The molecule has 3 aromatic rings. The zero-order chi connectivity index (χ0) is 16.2. The largest absolute Gasteiger partial charge is 0.497 e. The number of fused-ring (bicyclic) bond motifs is 1. The van der Waals surface area contributed by atoms with Crippen molar-refractivity contribution in [3.63, 3.8) is 0 Å². The van der Waals surface area contributed by atoms with Crippen LogP contribution in [0.4, 0.5) is 5.69 Å². The zero-order valence-electron chi connectivity index (χ0n) is 14.0. The summed E-state index contributed by atoms with van der Waals surface area (Å²) in [5, 5.41) is 6.81. The van der Waals surface area contributed by atoms with Crippen LogP contribution in [0.15, 0.2) is 65.8 Å². The van der Waals surface area contributed by atoms with Crippen LogP contribution in [0.1, 0.15) is 18.1 Å². The highest BCUT2D eigenvalue weighted by Gasteiger charge is 2.02. The summed E-state index contributed by atoms with van der Waals surface area (Å²) in [6, 6.07) is 20.6. The fourth-order valence-electron chi connectivity index (χ4n) is 2.42. The van der Waals surface area contributed by atoms with Crippen molar-refractivity contribution in [2.75, 3.05) is 12.5 Å². The summed E-state index contributed by atoms with van der Waals surface area (Å²) in [4.78, 5) is 0. The predicted molar refractivity (Wildman–Crippen MR) is 105 cm³/mol. The van der Waals surface area contributed by atoms with Crippen molar-refractivity contribution in [1.29, 1.82) is 0 Å². The molecular formula is C20H21ClN2O. The molecule has 0 aliphatic carbocycles. The molecular weight excluding hydrogens is 320 g/mol. The van der Waals surface area contributed by atoms with Crippen molar-refractivity contribution >= 4 is 34.6 Å². The molecule has 0 saturated carbocycles. The van der Waals surface area contributed by atoms with Gasteiger partial charge in [-0.2, -0.15) is 5.10 Å². The van der Waals surface area contributed by atoms with E-state index in [2.05, 4.69) is 53.8 Å². The Hall–Kier alpha value is -2.52. The first-order valence-electron chi connectivity index (χ1n) is 7.61. The number of methoxy groups -OCH3 is 1. The smallest absolute Gasteiger partial charge is 0.119 e. The van der Waals surface area contributed by atoms with Gasteiger partial charge in [-0.1, -0.05) is 35.9 Å². The van der Waals surface area contributed by atoms with Gasteiger partial charge in [0.1, 0.15) is 5.75 Å². The molecule has 3 nitrogen and oxygen atoms in total. The number of hydrazone groups is 1. The van der Waals surface area contributed by atoms with E-state index in [0.29, 0.717) is 0 Å². The van der Waals surface area contributed by atoms with Crippen molar-refractivity contribution < 1.29 is 4.74 Å². The lowest BCUT2D eigenvalue weighted by molar-refractivity contribution is 0.415. The highest BCUT2D eigenvalue weighted by atomic mass is 35.5. The SMILES string of the molecule is COc1ccc2cc(/C(C)=N/Nc3ccc(C)cc3)ccc2c1.Cl. The molecule has 3 aromatic carbocycles. The Morgan fingerprint density at radius 3 is 2.29 bits per heavy atom. The van der Waals surface area contributed by atoms with Gasteiger partial charge in [0.2, 0.25) is 0 Å². The van der Waals surface area contributed by atoms with Crippen LogP contribution in [0.3, 0.4) is 0 Å². The summed E-state index contributed by atoms with van der Waals surface area (Å²) in [5.74, 6) is 0.872. The van der Waals surface area contributed by atoms with E-state index in [1.54, 1.807) is 7.11 Å². The number of nitrogens with one attached hydrogen (secondary N) is 1. The van der Waals surface area contributed by atoms with Gasteiger partial charge in [0.25, 0.3) is 0 Å². The summed E-state index contributed by atoms with van der Waals surface area (Å²) < 4.78 is 5.26. The van der Waals surface area contributed by atoms with Crippen LogP contribution in [-0.2, 0) is 0 Å². The molecule has 0 bridgehead atoms. The van der Waals surface area contributed by atoms with Crippen molar-refractivity contribution in [2.45, 2.75) is 13.8 Å². The molecule has 0 fully saturated rings. The molecule has 0 heterocycles. The van der Waals surface area contributed by atoms with Crippen LogP contribution < -0.4 is 10.2 Å². The van der Waals surface area contributed by atoms with E-state index in [4.69, 9.17) is 4.74 Å². The van der Waals surface area contributed by atoms with Crippen LogP contribution in [0, 0.1) is 6.92 Å². The van der Waals surface area contributed by atoms with Gasteiger partial charge in [-0.05, 0) is 60.5 Å². The first-order chi connectivity index (χ1) is 11.2. The Kier molecular flexibility index (Phi) is 5.83. The van der Waals surface area contributed by atoms with E-state index in [0.717, 1.165) is 28.1 Å². The standard InChI is InChI=1S/C20H20N2O.ClH/c1-14-4-9-19(10-5-14)22-21-15(2)16-6-7-18-13-20(23-3)11-8-17(18)12-16;/h4-13,22H,1-3H3;1H/b21-15+;. The van der Waals surface area contributed by atoms with E-state index in [-0.39, 0.29) is 12.4 Å². The molecule has 0 aromatic heterocycles. The highest BCUT2D eigenvalue weighted by Crippen LogP contribution is 2.22. The van der Waals surface area contributed by atoms with Gasteiger partial charge in [-0.3, -0.25) is 5.43 Å². The van der Waals surface area contributed by atoms with Crippen LogP contribution in [-0.4, -0.2) is 12.8 Å². The molecule has 24 heavy (non-hydrogen) atoms. The molecule has 0 radical (unpaired) electrons. The number of rotatable bonds is 4. The maximum atomic E-state index is 5.26. The van der Waals surface area contributed by atoms with Gasteiger partial charge in [0.15, 0.2) is 0 Å². The van der Waals surface area contributed by atoms with E-state index >= 15 is 0 Å². The summed E-state index contributed by atoms with van der Waals surface area (Å²) in [6.45, 7) is 4.08. The van der Waals surface area contributed by atoms with Gasteiger partial charge in [0, 0.05) is 0 Å². The van der Waals surface area contributed by atoms with Gasteiger partial charge in [-0.25, -0.2) is 0 Å². The molecule has 0 spiro atoms. The van der Waals surface area contributed by atoms with Crippen LogP contribution >= 0.6 is 12.4 Å². The summed E-state index contributed by atoms with van der Waals surface area (Å²) in [7, 11) is 1.68. The quantitative estimate of drug-likeness (QED) is 0.508. The Balaban J connectivity index is 0.00000208. The van der Waals surface area contributed by atoms with Crippen molar-refractivity contribution in [3.05, 3.63) is 71.8 Å². The van der Waals surface area contributed by atoms with Crippen molar-refractivity contribution in [2.24, 2.45) is 5.10 Å². The van der Waals surface area contributed by atoms with Crippen molar-refractivity contribution in [3.8, 4) is 5.75 Å². The molecule has 0 amide bonds. The van der Waals surface area contributed by atoms with Crippen LogP contribution in [0.5, 0.6) is 5.75 Å². The lowest BCUT2D eigenvalue weighted by atomic mass is 10.0. The lowest BCUT2D eigenvalue weighted by Crippen LogP contribution is -1.99. The third-order valence-electron chi connectivity index (χ3n) is 3.87. The maximum Gasteiger partial charge on any atom is 0.119 e. The lowest BCUT2D eigenvalue weighted by Gasteiger charge is -2.07. The monoisotopic (exact) mass is 340 g/mol. The molecule has 0 saturated heterocycles. The average Bonchev–Trinajstić information content (AvgIpc) is 2.60. The molecule has 0 unspecified atom stereocenters. The topological polar surface area (TPSA) is 33.6 Å². The average molecular weight is 341 g/mol. The normalized spacial score (nSPS) is 11.0. The molecule has 0 aliphatic heterocycles. The Labute approximate surface area is 148 Å². The maximum absolute atomic E-state index is 5.26. The van der Waals surface area contributed by atoms with Gasteiger partial charge in [-0.15, -0.1) is 12.4 Å². The fourth-order valence-corrected chi connectivity index (χ4v) is 2.42. The first-order valence-corrected chi connectivity index (χ1v) is 7.61.